The van der Waals surface area contributed by atoms with E-state index >= 15 is 0 Å². The lowest BCUT2D eigenvalue weighted by atomic mass is 10.1. The molecule has 25 heavy (non-hydrogen) atoms. The highest BCUT2D eigenvalue weighted by Crippen LogP contribution is 2.24. The van der Waals surface area contributed by atoms with E-state index in [1.165, 1.54) is 5.56 Å². The number of carbonyl (C=O) groups excluding carboxylic acids is 2. The van der Waals surface area contributed by atoms with Crippen molar-refractivity contribution in [3.8, 4) is 11.5 Å². The number of benzene rings is 2. The number of hydrogen-bond donors (Lipinski definition) is 1. The Bertz CT molecular complexity index is 743. The molecular weight excluding hydrogens is 338 g/mol. The van der Waals surface area contributed by atoms with Crippen molar-refractivity contribution in [3.05, 3.63) is 59.7 Å². The monoisotopic (exact) mass is 357 g/mol. The summed E-state index contributed by atoms with van der Waals surface area (Å²) in [7, 11) is 1.65. The van der Waals surface area contributed by atoms with Crippen molar-refractivity contribution in [3.63, 3.8) is 0 Å². The number of amides is 2. The number of hydrogen-bond acceptors (Lipinski definition) is 5. The molecule has 0 spiro atoms. The minimum absolute atomic E-state index is 0.213. The van der Waals surface area contributed by atoms with Crippen LogP contribution in [0.1, 0.15) is 11.1 Å². The van der Waals surface area contributed by atoms with Crippen molar-refractivity contribution in [1.29, 1.82) is 0 Å². The quantitative estimate of drug-likeness (QED) is 0.824. The van der Waals surface area contributed by atoms with Crippen LogP contribution >= 0.6 is 11.8 Å². The summed E-state index contributed by atoms with van der Waals surface area (Å²) in [4.78, 5) is 22.8. The maximum Gasteiger partial charge on any atom is 0.286 e. The van der Waals surface area contributed by atoms with Crippen molar-refractivity contribution in [1.82, 2.24) is 5.32 Å². The number of carbonyl (C=O) groups is 2. The number of thioether (sulfide) groups is 1. The summed E-state index contributed by atoms with van der Waals surface area (Å²) >= 11 is 1.05. The van der Waals surface area contributed by atoms with Gasteiger partial charge >= 0.3 is 0 Å². The normalized spacial score (nSPS) is 16.6. The number of nitrogens with one attached hydrogen (secondary N) is 1. The summed E-state index contributed by atoms with van der Waals surface area (Å²) in [5.74, 6) is 1.42. The fourth-order valence-electron chi connectivity index (χ4n) is 2.54. The molecule has 1 unspecified atom stereocenters. The topological polar surface area (TPSA) is 64.6 Å². The minimum Gasteiger partial charge on any atom is -0.497 e. The van der Waals surface area contributed by atoms with E-state index in [-0.39, 0.29) is 16.4 Å². The maximum absolute atomic E-state index is 11.6. The number of rotatable bonds is 7. The van der Waals surface area contributed by atoms with Crippen LogP contribution in [-0.4, -0.2) is 30.1 Å². The Morgan fingerprint density at radius 1 is 0.960 bits per heavy atom. The largest absolute Gasteiger partial charge is 0.497 e. The molecule has 1 fully saturated rings. The Kier molecular flexibility index (Phi) is 5.60. The first-order chi connectivity index (χ1) is 12.1. The van der Waals surface area contributed by atoms with Gasteiger partial charge in [0, 0.05) is 6.42 Å². The molecule has 6 heteroatoms. The molecule has 1 aliphatic rings. The van der Waals surface area contributed by atoms with E-state index in [0.29, 0.717) is 13.0 Å². The SMILES string of the molecule is COc1ccc(CCOc2ccc(CC3SC(=O)NC3=O)cc2)cc1. The molecule has 0 radical (unpaired) electrons. The first-order valence-electron chi connectivity index (χ1n) is 8.00. The van der Waals surface area contributed by atoms with Gasteiger partial charge < -0.3 is 9.47 Å². The number of methoxy groups -OCH3 is 1. The molecule has 1 N–H and O–H groups in total. The van der Waals surface area contributed by atoms with Crippen LogP contribution < -0.4 is 14.8 Å². The summed E-state index contributed by atoms with van der Waals surface area (Å²) in [5, 5.41) is 1.69. The lowest BCUT2D eigenvalue weighted by Gasteiger charge is -2.09. The van der Waals surface area contributed by atoms with Crippen molar-refractivity contribution in [2.24, 2.45) is 0 Å². The van der Waals surface area contributed by atoms with Crippen molar-refractivity contribution < 1.29 is 19.1 Å². The second-order valence-electron chi connectivity index (χ2n) is 5.68. The second kappa shape index (κ2) is 8.07. The molecule has 1 aliphatic heterocycles. The summed E-state index contributed by atoms with van der Waals surface area (Å²) in [6.45, 7) is 0.584. The van der Waals surface area contributed by atoms with Gasteiger partial charge in [-0.1, -0.05) is 36.0 Å². The van der Waals surface area contributed by atoms with E-state index in [0.717, 1.165) is 35.2 Å². The van der Waals surface area contributed by atoms with Gasteiger partial charge in [-0.15, -0.1) is 0 Å². The lowest BCUT2D eigenvalue weighted by molar-refractivity contribution is -0.118. The van der Waals surface area contributed by atoms with E-state index in [1.54, 1.807) is 7.11 Å². The predicted octanol–water partition coefficient (Wildman–Crippen LogP) is 3.21. The first-order valence-corrected chi connectivity index (χ1v) is 8.88. The fourth-order valence-corrected chi connectivity index (χ4v) is 3.40. The zero-order valence-electron chi connectivity index (χ0n) is 13.9. The highest BCUT2D eigenvalue weighted by Gasteiger charge is 2.31. The third-order valence-corrected chi connectivity index (χ3v) is 4.91. The molecule has 1 saturated heterocycles. The molecule has 0 bridgehead atoms. The first kappa shape index (κ1) is 17.4. The average Bonchev–Trinajstić information content (AvgIpc) is 2.94. The van der Waals surface area contributed by atoms with Crippen LogP contribution in [0.5, 0.6) is 11.5 Å². The second-order valence-corrected chi connectivity index (χ2v) is 6.85. The van der Waals surface area contributed by atoms with Crippen LogP contribution in [0.4, 0.5) is 4.79 Å². The maximum atomic E-state index is 11.6. The Morgan fingerprint density at radius 2 is 1.60 bits per heavy atom. The number of imide groups is 1. The Morgan fingerprint density at radius 3 is 2.20 bits per heavy atom. The van der Waals surface area contributed by atoms with Crippen molar-refractivity contribution in [2.45, 2.75) is 18.1 Å². The van der Waals surface area contributed by atoms with Gasteiger partial charge in [-0.2, -0.15) is 0 Å². The highest BCUT2D eigenvalue weighted by molar-refractivity contribution is 8.15. The van der Waals surface area contributed by atoms with Gasteiger partial charge in [0.1, 0.15) is 11.5 Å². The smallest absolute Gasteiger partial charge is 0.286 e. The molecule has 130 valence electrons. The van der Waals surface area contributed by atoms with Gasteiger partial charge in [0.05, 0.1) is 19.0 Å². The summed E-state index contributed by atoms with van der Waals surface area (Å²) in [6.07, 6.45) is 1.35. The molecule has 2 aromatic rings. The van der Waals surface area contributed by atoms with E-state index in [4.69, 9.17) is 9.47 Å². The Labute approximate surface area is 150 Å². The zero-order valence-corrected chi connectivity index (χ0v) is 14.7. The van der Waals surface area contributed by atoms with Crippen LogP contribution in [-0.2, 0) is 17.6 Å². The van der Waals surface area contributed by atoms with Crippen LogP contribution in [0, 0.1) is 0 Å². The molecular formula is C19H19NO4S. The molecule has 1 heterocycles. The van der Waals surface area contributed by atoms with Crippen LogP contribution in [0.2, 0.25) is 0 Å². The van der Waals surface area contributed by atoms with Gasteiger partial charge in [-0.25, -0.2) is 0 Å². The van der Waals surface area contributed by atoms with E-state index in [1.807, 2.05) is 48.5 Å². The molecule has 0 saturated carbocycles. The van der Waals surface area contributed by atoms with Crippen LogP contribution in [0.25, 0.3) is 0 Å². The lowest BCUT2D eigenvalue weighted by Crippen LogP contribution is -2.25. The van der Waals surface area contributed by atoms with Gasteiger partial charge in [0.15, 0.2) is 0 Å². The van der Waals surface area contributed by atoms with Gasteiger partial charge in [-0.3, -0.25) is 14.9 Å². The molecule has 3 rings (SSSR count). The van der Waals surface area contributed by atoms with E-state index in [9.17, 15) is 9.59 Å². The molecule has 0 aliphatic carbocycles. The predicted molar refractivity (Wildman–Crippen MR) is 97.3 cm³/mol. The third kappa shape index (κ3) is 4.76. The fraction of sp³-hybridized carbons (Fsp3) is 0.263. The molecule has 5 nitrogen and oxygen atoms in total. The average molecular weight is 357 g/mol. The minimum atomic E-state index is -0.339. The Balaban J connectivity index is 1.47. The van der Waals surface area contributed by atoms with Gasteiger partial charge in [0.25, 0.3) is 5.24 Å². The van der Waals surface area contributed by atoms with Crippen LogP contribution in [0.3, 0.4) is 0 Å². The molecule has 1 atom stereocenters. The molecule has 2 aromatic carbocycles. The zero-order chi connectivity index (χ0) is 17.6. The van der Waals surface area contributed by atoms with Crippen LogP contribution in [0.15, 0.2) is 48.5 Å². The van der Waals surface area contributed by atoms with E-state index in [2.05, 4.69) is 5.32 Å². The molecule has 2 amide bonds. The number of ether oxygens (including phenoxy) is 2. The summed E-state index contributed by atoms with van der Waals surface area (Å²) in [6, 6.07) is 15.6. The van der Waals surface area contributed by atoms with E-state index < -0.39 is 0 Å². The van der Waals surface area contributed by atoms with Gasteiger partial charge in [0.2, 0.25) is 5.91 Å². The van der Waals surface area contributed by atoms with Crippen molar-refractivity contribution in [2.75, 3.05) is 13.7 Å². The summed E-state index contributed by atoms with van der Waals surface area (Å²) in [5.41, 5.74) is 2.19. The van der Waals surface area contributed by atoms with Gasteiger partial charge in [-0.05, 0) is 41.8 Å². The standard InChI is InChI=1S/C19H19NO4S/c1-23-15-6-2-13(3-7-15)10-11-24-16-8-4-14(5-9-16)12-17-18(21)20-19(22)25-17/h2-9,17H,10-12H2,1H3,(H,20,21,22). The summed E-state index contributed by atoms with van der Waals surface area (Å²) < 4.78 is 10.9. The Hall–Kier alpha value is -2.47. The molecule has 0 aromatic heterocycles. The van der Waals surface area contributed by atoms with Crippen molar-refractivity contribution >= 4 is 22.9 Å². The highest BCUT2D eigenvalue weighted by atomic mass is 32.2. The third-order valence-electron chi connectivity index (χ3n) is 3.93.